The number of rotatable bonds is 0. The van der Waals surface area contributed by atoms with Crippen LogP contribution in [0.3, 0.4) is 0 Å². The zero-order valence-electron chi connectivity index (χ0n) is 3.43. The molecule has 8 heavy (non-hydrogen) atoms. The standard InChI is InChI=1S/Fe.H3O4P.2H2O/c;1-5(2,3)4;;/h;(H3,1,2,3,4);2*1H2/p-3. The topological polar surface area (TPSA) is 149 Å². The van der Waals surface area contributed by atoms with Gasteiger partial charge in [0.15, 0.2) is 0 Å². The van der Waals surface area contributed by atoms with Gasteiger partial charge in [0.25, 0.3) is 0 Å². The van der Waals surface area contributed by atoms with Crippen LogP contribution < -0.4 is 14.7 Å². The summed E-state index contributed by atoms with van der Waals surface area (Å²) >= 11 is 0. The Labute approximate surface area is 55.9 Å². The molecular weight excluding hydrogens is 183 g/mol. The summed E-state index contributed by atoms with van der Waals surface area (Å²) in [7, 11) is -5.39. The molecule has 0 aromatic heterocycles. The van der Waals surface area contributed by atoms with E-state index in [0.29, 0.717) is 0 Å². The van der Waals surface area contributed by atoms with E-state index in [9.17, 15) is 0 Å². The van der Waals surface area contributed by atoms with Gasteiger partial charge in [-0.3, -0.25) is 0 Å². The molecule has 0 unspecified atom stereocenters. The Morgan fingerprint density at radius 1 is 1.00 bits per heavy atom. The molecule has 56 valence electrons. The average Bonchev–Trinajstić information content (AvgIpc) is 0.722. The summed E-state index contributed by atoms with van der Waals surface area (Å²) in [5, 5.41) is 0. The van der Waals surface area contributed by atoms with Crippen molar-refractivity contribution in [3.05, 3.63) is 0 Å². The first-order valence-electron chi connectivity index (χ1n) is 0.730. The van der Waals surface area contributed by atoms with Crippen molar-refractivity contribution in [2.24, 2.45) is 0 Å². The molecule has 0 saturated carbocycles. The van der Waals surface area contributed by atoms with Gasteiger partial charge in [-0.05, 0) is 0 Å². The maximum atomic E-state index is 8.55. The summed E-state index contributed by atoms with van der Waals surface area (Å²) in [5.41, 5.74) is 0. The fourth-order valence-electron chi connectivity index (χ4n) is 0. The Kier molecular flexibility index (Phi) is 22.2. The Morgan fingerprint density at radius 2 is 1.00 bits per heavy atom. The summed E-state index contributed by atoms with van der Waals surface area (Å²) in [6, 6.07) is 0. The summed E-state index contributed by atoms with van der Waals surface area (Å²) < 4.78 is 8.55. The zero-order chi connectivity index (χ0) is 4.50. The molecule has 6 nitrogen and oxygen atoms in total. The van der Waals surface area contributed by atoms with Crippen molar-refractivity contribution in [1.82, 2.24) is 0 Å². The molecule has 0 bridgehead atoms. The molecule has 0 rings (SSSR count). The Morgan fingerprint density at radius 3 is 1.00 bits per heavy atom. The van der Waals surface area contributed by atoms with E-state index in [2.05, 4.69) is 0 Å². The van der Waals surface area contributed by atoms with E-state index in [0.717, 1.165) is 0 Å². The van der Waals surface area contributed by atoms with E-state index in [1.807, 2.05) is 0 Å². The third kappa shape index (κ3) is 668. The van der Waals surface area contributed by atoms with Crippen molar-refractivity contribution >= 4 is 7.82 Å². The minimum absolute atomic E-state index is 0. The van der Waals surface area contributed by atoms with Crippen LogP contribution in [0.2, 0.25) is 0 Å². The number of phosphoric acid groups is 1. The third-order valence-corrected chi connectivity index (χ3v) is 0. The second-order valence-electron chi connectivity index (χ2n) is 0.447. The van der Waals surface area contributed by atoms with Crippen LogP contribution in [0.15, 0.2) is 0 Å². The fourth-order valence-corrected chi connectivity index (χ4v) is 0. The van der Waals surface area contributed by atoms with Crippen molar-refractivity contribution in [3.63, 3.8) is 0 Å². The molecule has 0 saturated heterocycles. The number of hydrogen-bond donors (Lipinski definition) is 0. The van der Waals surface area contributed by atoms with E-state index in [1.54, 1.807) is 0 Å². The van der Waals surface area contributed by atoms with E-state index in [1.165, 1.54) is 0 Å². The van der Waals surface area contributed by atoms with Crippen molar-refractivity contribution in [3.8, 4) is 0 Å². The second-order valence-corrected chi connectivity index (χ2v) is 1.34. The predicted octanol–water partition coefficient (Wildman–Crippen LogP) is -4.48. The predicted molar refractivity (Wildman–Crippen MR) is 14.8 cm³/mol. The van der Waals surface area contributed by atoms with Gasteiger partial charge in [-0.25, -0.2) is 0 Å². The quantitative estimate of drug-likeness (QED) is 0.277. The van der Waals surface area contributed by atoms with Crippen LogP contribution >= 0.6 is 7.82 Å². The Hall–Kier alpha value is 0.549. The van der Waals surface area contributed by atoms with Gasteiger partial charge in [0.05, 0.1) is 0 Å². The summed E-state index contributed by atoms with van der Waals surface area (Å²) in [6.07, 6.45) is 0. The fraction of sp³-hybridized carbons (Fsp3) is 0. The maximum absolute atomic E-state index is 8.55. The Balaban J connectivity index is -0.0000000267. The van der Waals surface area contributed by atoms with Gasteiger partial charge in [0, 0.05) is 17.1 Å². The molecular formula is H4FeO6P-3. The van der Waals surface area contributed by atoms with E-state index >= 15 is 0 Å². The Bertz CT molecular complexity index is 54.7. The first-order chi connectivity index (χ1) is 2.00. The molecule has 0 aliphatic rings. The van der Waals surface area contributed by atoms with Gasteiger partial charge >= 0.3 is 0 Å². The molecule has 0 amide bonds. The first kappa shape index (κ1) is 23.5. The van der Waals surface area contributed by atoms with Crippen molar-refractivity contribution in [1.29, 1.82) is 0 Å². The van der Waals surface area contributed by atoms with Gasteiger partial charge in [0.1, 0.15) is 0 Å². The second kappa shape index (κ2) is 7.55. The molecule has 4 N–H and O–H groups in total. The first-order valence-corrected chi connectivity index (χ1v) is 2.19. The van der Waals surface area contributed by atoms with Gasteiger partial charge in [-0.2, -0.15) is 7.82 Å². The van der Waals surface area contributed by atoms with Crippen LogP contribution in [-0.4, -0.2) is 11.0 Å². The van der Waals surface area contributed by atoms with Crippen LogP contribution in [0.1, 0.15) is 0 Å². The third-order valence-electron chi connectivity index (χ3n) is 0. The molecule has 0 fully saturated rings. The molecule has 0 aliphatic heterocycles. The minimum atomic E-state index is -5.39. The van der Waals surface area contributed by atoms with Gasteiger partial charge in [-0.1, -0.05) is 0 Å². The van der Waals surface area contributed by atoms with Gasteiger partial charge < -0.3 is 30.2 Å². The zero-order valence-corrected chi connectivity index (χ0v) is 5.43. The smallest absolute Gasteiger partial charge is 0 e. The van der Waals surface area contributed by atoms with Crippen LogP contribution in [0, 0.1) is 0 Å². The van der Waals surface area contributed by atoms with Gasteiger partial charge in [-0.15, -0.1) is 0 Å². The van der Waals surface area contributed by atoms with Crippen molar-refractivity contribution in [2.45, 2.75) is 0 Å². The monoisotopic (exact) mass is 187 g/mol. The SMILES string of the molecule is O.O.O=P([O-])([O-])[O-].[Fe]. The molecule has 0 aliphatic carbocycles. The molecule has 0 heterocycles. The molecule has 0 aromatic rings. The van der Waals surface area contributed by atoms with Crippen molar-refractivity contribution in [2.75, 3.05) is 0 Å². The van der Waals surface area contributed by atoms with E-state index in [4.69, 9.17) is 19.2 Å². The van der Waals surface area contributed by atoms with Crippen LogP contribution in [0.5, 0.6) is 0 Å². The van der Waals surface area contributed by atoms with E-state index in [-0.39, 0.29) is 28.0 Å². The molecule has 0 radical (unpaired) electrons. The number of hydrogen-bond acceptors (Lipinski definition) is 4. The average molecular weight is 187 g/mol. The van der Waals surface area contributed by atoms with Crippen LogP contribution in [0.4, 0.5) is 0 Å². The summed E-state index contributed by atoms with van der Waals surface area (Å²) in [6.45, 7) is 0. The van der Waals surface area contributed by atoms with Crippen LogP contribution in [0.25, 0.3) is 0 Å². The van der Waals surface area contributed by atoms with Crippen molar-refractivity contribution < 1.29 is 47.3 Å². The normalized spacial score (nSPS) is 7.38. The van der Waals surface area contributed by atoms with Gasteiger partial charge in [0.2, 0.25) is 0 Å². The largest absolute Gasteiger partial charge is 0.822 e. The summed E-state index contributed by atoms with van der Waals surface area (Å²) in [4.78, 5) is 25.6. The maximum Gasteiger partial charge on any atom is 0 e. The van der Waals surface area contributed by atoms with Crippen LogP contribution in [-0.2, 0) is 21.6 Å². The molecule has 0 atom stereocenters. The summed E-state index contributed by atoms with van der Waals surface area (Å²) in [5.74, 6) is 0. The molecule has 0 spiro atoms. The van der Waals surface area contributed by atoms with E-state index < -0.39 is 7.82 Å². The minimum Gasteiger partial charge on any atom is -0.822 e. The molecule has 8 heteroatoms. The molecule has 0 aromatic carbocycles.